The van der Waals surface area contributed by atoms with Crippen LogP contribution in [0.5, 0.6) is 17.2 Å². The van der Waals surface area contributed by atoms with Gasteiger partial charge < -0.3 is 19.3 Å². The van der Waals surface area contributed by atoms with Crippen LogP contribution in [0, 0.1) is 0 Å². The minimum Gasteiger partial charge on any atom is -0.493 e. The van der Waals surface area contributed by atoms with Gasteiger partial charge in [0.15, 0.2) is 11.5 Å². The monoisotopic (exact) mass is 281 g/mol. The lowest BCUT2D eigenvalue weighted by molar-refractivity contribution is 0.285. The fourth-order valence-electron chi connectivity index (χ4n) is 1.77. The number of aliphatic hydroxyl groups excluding tert-OH is 1. The second kappa shape index (κ2) is 5.90. The van der Waals surface area contributed by atoms with Crippen LogP contribution in [-0.2, 0) is 6.61 Å². The maximum atomic E-state index is 9.10. The van der Waals surface area contributed by atoms with E-state index < -0.39 is 0 Å². The maximum Gasteiger partial charge on any atom is 0.204 e. The maximum absolute atomic E-state index is 9.10. The van der Waals surface area contributed by atoms with Crippen LogP contribution >= 0.6 is 11.3 Å². The van der Waals surface area contributed by atoms with E-state index in [0.29, 0.717) is 17.2 Å². The Hall–Kier alpha value is -1.79. The summed E-state index contributed by atoms with van der Waals surface area (Å²) in [5.41, 5.74) is 0.810. The molecule has 0 spiro atoms. The lowest BCUT2D eigenvalue weighted by Gasteiger charge is -2.14. The molecule has 0 aliphatic carbocycles. The van der Waals surface area contributed by atoms with Gasteiger partial charge in [0.25, 0.3) is 0 Å². The first-order chi connectivity index (χ1) is 9.24. The van der Waals surface area contributed by atoms with E-state index in [4.69, 9.17) is 19.3 Å². The minimum atomic E-state index is -0.0206. The SMILES string of the molecule is COc1ccc(-c2ncc(CO)s2)c(OC)c1OC. The van der Waals surface area contributed by atoms with Crippen LogP contribution in [0.25, 0.3) is 10.6 Å². The molecule has 2 rings (SSSR count). The molecule has 0 radical (unpaired) electrons. The Kier molecular flexibility index (Phi) is 4.24. The fourth-order valence-corrected chi connectivity index (χ4v) is 2.57. The summed E-state index contributed by atoms with van der Waals surface area (Å²) in [6, 6.07) is 3.66. The van der Waals surface area contributed by atoms with Crippen molar-refractivity contribution in [2.45, 2.75) is 6.61 Å². The van der Waals surface area contributed by atoms with Crippen LogP contribution < -0.4 is 14.2 Å². The highest BCUT2D eigenvalue weighted by Crippen LogP contribution is 2.44. The molecule has 1 aromatic heterocycles. The molecule has 0 fully saturated rings. The average molecular weight is 281 g/mol. The van der Waals surface area contributed by atoms with Crippen molar-refractivity contribution >= 4 is 11.3 Å². The number of methoxy groups -OCH3 is 3. The first-order valence-corrected chi connectivity index (χ1v) is 6.41. The molecule has 5 nitrogen and oxygen atoms in total. The van der Waals surface area contributed by atoms with E-state index in [1.54, 1.807) is 33.6 Å². The van der Waals surface area contributed by atoms with Crippen molar-refractivity contribution < 1.29 is 19.3 Å². The molecule has 102 valence electrons. The molecule has 19 heavy (non-hydrogen) atoms. The molecule has 0 amide bonds. The van der Waals surface area contributed by atoms with Gasteiger partial charge in [-0.25, -0.2) is 4.98 Å². The highest BCUT2D eigenvalue weighted by atomic mass is 32.1. The molecule has 0 saturated heterocycles. The third-order valence-corrected chi connectivity index (χ3v) is 3.66. The Balaban J connectivity index is 2.56. The largest absolute Gasteiger partial charge is 0.493 e. The summed E-state index contributed by atoms with van der Waals surface area (Å²) in [6.45, 7) is -0.0206. The topological polar surface area (TPSA) is 60.8 Å². The molecule has 1 heterocycles. The molecule has 6 heteroatoms. The number of ether oxygens (including phenoxy) is 3. The van der Waals surface area contributed by atoms with E-state index >= 15 is 0 Å². The Bertz CT molecular complexity index is 568. The van der Waals surface area contributed by atoms with Gasteiger partial charge in [0.1, 0.15) is 5.01 Å². The van der Waals surface area contributed by atoms with Crippen LogP contribution in [0.3, 0.4) is 0 Å². The van der Waals surface area contributed by atoms with Crippen molar-refractivity contribution in [3.8, 4) is 27.8 Å². The van der Waals surface area contributed by atoms with E-state index in [9.17, 15) is 0 Å². The van der Waals surface area contributed by atoms with Crippen molar-refractivity contribution in [2.24, 2.45) is 0 Å². The zero-order chi connectivity index (χ0) is 13.8. The van der Waals surface area contributed by atoms with Crippen LogP contribution in [0.4, 0.5) is 0 Å². The smallest absolute Gasteiger partial charge is 0.204 e. The lowest BCUT2D eigenvalue weighted by atomic mass is 10.2. The quantitative estimate of drug-likeness (QED) is 0.911. The van der Waals surface area contributed by atoms with E-state index in [1.165, 1.54) is 11.3 Å². The molecule has 0 aliphatic heterocycles. The molecule has 0 unspecified atom stereocenters. The molecule has 0 aliphatic rings. The van der Waals surface area contributed by atoms with Gasteiger partial charge in [0.05, 0.1) is 38.4 Å². The zero-order valence-electron chi connectivity index (χ0n) is 11.0. The predicted octanol–water partition coefficient (Wildman–Crippen LogP) is 2.33. The summed E-state index contributed by atoms with van der Waals surface area (Å²) >= 11 is 1.41. The normalized spacial score (nSPS) is 10.3. The van der Waals surface area contributed by atoms with Gasteiger partial charge in [-0.05, 0) is 12.1 Å². The lowest BCUT2D eigenvalue weighted by Crippen LogP contribution is -1.96. The number of aromatic nitrogens is 1. The van der Waals surface area contributed by atoms with E-state index in [1.807, 2.05) is 6.07 Å². The van der Waals surface area contributed by atoms with Crippen molar-refractivity contribution in [3.05, 3.63) is 23.2 Å². The third-order valence-electron chi connectivity index (χ3n) is 2.64. The zero-order valence-corrected chi connectivity index (χ0v) is 11.8. The third kappa shape index (κ3) is 2.50. The average Bonchev–Trinajstić information content (AvgIpc) is 2.94. The van der Waals surface area contributed by atoms with Crippen molar-refractivity contribution in [1.82, 2.24) is 4.98 Å². The van der Waals surface area contributed by atoms with E-state index in [2.05, 4.69) is 4.98 Å². The number of rotatable bonds is 5. The molecule has 0 atom stereocenters. The molecule has 0 saturated carbocycles. The number of aliphatic hydroxyl groups is 1. The fraction of sp³-hybridized carbons (Fsp3) is 0.308. The second-order valence-electron chi connectivity index (χ2n) is 3.67. The summed E-state index contributed by atoms with van der Waals surface area (Å²) in [4.78, 5) is 5.08. The molecule has 0 bridgehead atoms. The highest BCUT2D eigenvalue weighted by Gasteiger charge is 2.18. The molecule has 2 aromatic rings. The van der Waals surface area contributed by atoms with Gasteiger partial charge in [0, 0.05) is 6.20 Å². The van der Waals surface area contributed by atoms with Crippen LogP contribution in [-0.4, -0.2) is 31.4 Å². The Morgan fingerprint density at radius 2 is 1.84 bits per heavy atom. The van der Waals surface area contributed by atoms with Gasteiger partial charge in [-0.1, -0.05) is 0 Å². The molecular weight excluding hydrogens is 266 g/mol. The highest BCUT2D eigenvalue weighted by molar-refractivity contribution is 7.15. The van der Waals surface area contributed by atoms with Crippen molar-refractivity contribution in [3.63, 3.8) is 0 Å². The number of hydrogen-bond donors (Lipinski definition) is 1. The van der Waals surface area contributed by atoms with Gasteiger partial charge in [-0.3, -0.25) is 0 Å². The summed E-state index contributed by atoms with van der Waals surface area (Å²) < 4.78 is 16.0. The summed E-state index contributed by atoms with van der Waals surface area (Å²) in [7, 11) is 4.71. The standard InChI is InChI=1S/C13H15NO4S/c1-16-10-5-4-9(11(17-2)12(10)18-3)13-14-6-8(7-15)19-13/h4-6,15H,7H2,1-3H3. The predicted molar refractivity (Wildman–Crippen MR) is 73.1 cm³/mol. The van der Waals surface area contributed by atoms with Gasteiger partial charge in [0.2, 0.25) is 5.75 Å². The van der Waals surface area contributed by atoms with Gasteiger partial charge in [-0.2, -0.15) is 0 Å². The molecule has 1 aromatic carbocycles. The van der Waals surface area contributed by atoms with Crippen molar-refractivity contribution in [2.75, 3.05) is 21.3 Å². The first-order valence-electron chi connectivity index (χ1n) is 5.60. The van der Waals surface area contributed by atoms with Crippen LogP contribution in [0.2, 0.25) is 0 Å². The minimum absolute atomic E-state index is 0.0206. The van der Waals surface area contributed by atoms with Crippen LogP contribution in [0.1, 0.15) is 4.88 Å². The number of hydrogen-bond acceptors (Lipinski definition) is 6. The number of benzene rings is 1. The first kappa shape index (κ1) is 13.6. The Labute approximate surface area is 115 Å². The second-order valence-corrected chi connectivity index (χ2v) is 4.79. The molecule has 1 N–H and O–H groups in total. The molecular formula is C13H15NO4S. The van der Waals surface area contributed by atoms with Gasteiger partial charge in [-0.15, -0.1) is 11.3 Å². The summed E-state index contributed by atoms with van der Waals surface area (Å²) in [6.07, 6.45) is 1.65. The van der Waals surface area contributed by atoms with Gasteiger partial charge >= 0.3 is 0 Å². The Morgan fingerprint density at radius 3 is 2.37 bits per heavy atom. The van der Waals surface area contributed by atoms with E-state index in [-0.39, 0.29) is 6.61 Å². The summed E-state index contributed by atoms with van der Waals surface area (Å²) in [5.74, 6) is 1.70. The van der Waals surface area contributed by atoms with Crippen molar-refractivity contribution in [1.29, 1.82) is 0 Å². The van der Waals surface area contributed by atoms with E-state index in [0.717, 1.165) is 15.4 Å². The Morgan fingerprint density at radius 1 is 1.11 bits per heavy atom. The summed E-state index contributed by atoms with van der Waals surface area (Å²) in [5, 5.41) is 9.87. The number of thiazole rings is 1. The van der Waals surface area contributed by atoms with Crippen LogP contribution in [0.15, 0.2) is 18.3 Å². The number of nitrogens with zero attached hydrogens (tertiary/aromatic N) is 1.